The summed E-state index contributed by atoms with van der Waals surface area (Å²) in [6.45, 7) is 11.9. The Bertz CT molecular complexity index is 603. The van der Waals surface area contributed by atoms with Crippen LogP contribution in [0, 0.1) is 5.92 Å². The molecule has 130 valence electrons. The molecule has 1 aromatic heterocycles. The second kappa shape index (κ2) is 8.60. The zero-order valence-electron chi connectivity index (χ0n) is 14.7. The van der Waals surface area contributed by atoms with Crippen LogP contribution < -0.4 is 10.2 Å². The van der Waals surface area contributed by atoms with Gasteiger partial charge in [0.1, 0.15) is 0 Å². The molecule has 2 heterocycles. The van der Waals surface area contributed by atoms with Gasteiger partial charge < -0.3 is 10.2 Å². The lowest BCUT2D eigenvalue weighted by Crippen LogP contribution is -2.45. The summed E-state index contributed by atoms with van der Waals surface area (Å²) in [5.74, 6) is 0.690. The molecule has 1 aliphatic rings. The fraction of sp³-hybridized carbons (Fsp3) is 0.526. The van der Waals surface area contributed by atoms with E-state index in [-0.39, 0.29) is 0 Å². The minimum atomic E-state index is 0.690. The lowest BCUT2D eigenvalue weighted by atomic mass is 10.2. The maximum Gasteiger partial charge on any atom is 0.185 e. The van der Waals surface area contributed by atoms with Crippen molar-refractivity contribution in [2.75, 3.05) is 37.6 Å². The van der Waals surface area contributed by atoms with Gasteiger partial charge in [-0.1, -0.05) is 44.2 Å². The van der Waals surface area contributed by atoms with Crippen molar-refractivity contribution in [3.63, 3.8) is 0 Å². The Hall–Kier alpha value is -1.43. The number of benzene rings is 1. The van der Waals surface area contributed by atoms with Gasteiger partial charge in [-0.2, -0.15) is 0 Å². The van der Waals surface area contributed by atoms with E-state index in [4.69, 9.17) is 0 Å². The van der Waals surface area contributed by atoms with Gasteiger partial charge in [-0.05, 0) is 18.0 Å². The van der Waals surface area contributed by atoms with E-state index in [0.29, 0.717) is 5.92 Å². The highest BCUT2D eigenvalue weighted by Crippen LogP contribution is 2.24. The first kappa shape index (κ1) is 17.4. The van der Waals surface area contributed by atoms with Gasteiger partial charge in [0.15, 0.2) is 5.13 Å². The Balaban J connectivity index is 1.45. The largest absolute Gasteiger partial charge is 0.346 e. The molecule has 0 radical (unpaired) electrons. The highest BCUT2D eigenvalue weighted by molar-refractivity contribution is 7.15. The fourth-order valence-electron chi connectivity index (χ4n) is 2.95. The van der Waals surface area contributed by atoms with Gasteiger partial charge in [0.2, 0.25) is 0 Å². The van der Waals surface area contributed by atoms with Crippen molar-refractivity contribution in [3.8, 4) is 0 Å². The minimum Gasteiger partial charge on any atom is -0.346 e. The molecule has 1 fully saturated rings. The van der Waals surface area contributed by atoms with Gasteiger partial charge in [0, 0.05) is 50.3 Å². The monoisotopic (exact) mass is 344 g/mol. The SMILES string of the molecule is CC(C)CNCc1cnc(N2CCN(Cc3ccccc3)CC2)s1. The number of nitrogens with one attached hydrogen (secondary N) is 1. The number of hydrogen-bond donors (Lipinski definition) is 1. The standard InChI is InChI=1S/C19H28N4S/c1-16(2)12-20-13-18-14-21-19(24-18)23-10-8-22(9-11-23)15-17-6-4-3-5-7-17/h3-7,14,16,20H,8-13,15H2,1-2H3. The molecular weight excluding hydrogens is 316 g/mol. The van der Waals surface area contributed by atoms with Crippen LogP contribution in [0.2, 0.25) is 0 Å². The molecule has 1 aromatic carbocycles. The van der Waals surface area contributed by atoms with Crippen molar-refractivity contribution in [1.29, 1.82) is 0 Å². The normalized spacial score (nSPS) is 16.0. The van der Waals surface area contributed by atoms with Crippen LogP contribution >= 0.6 is 11.3 Å². The van der Waals surface area contributed by atoms with Crippen LogP contribution in [0.15, 0.2) is 36.5 Å². The Labute approximate surface area is 149 Å². The van der Waals surface area contributed by atoms with Gasteiger partial charge in [-0.3, -0.25) is 4.90 Å². The number of thiazole rings is 1. The van der Waals surface area contributed by atoms with Crippen LogP contribution in [-0.4, -0.2) is 42.6 Å². The summed E-state index contributed by atoms with van der Waals surface area (Å²) in [5.41, 5.74) is 1.40. The van der Waals surface area contributed by atoms with E-state index in [1.165, 1.54) is 15.6 Å². The second-order valence-electron chi connectivity index (χ2n) is 6.88. The Kier molecular flexibility index (Phi) is 6.24. The molecule has 3 rings (SSSR count). The van der Waals surface area contributed by atoms with E-state index < -0.39 is 0 Å². The summed E-state index contributed by atoms with van der Waals surface area (Å²) in [6.07, 6.45) is 2.03. The minimum absolute atomic E-state index is 0.690. The van der Waals surface area contributed by atoms with E-state index in [1.807, 2.05) is 17.5 Å². The average molecular weight is 345 g/mol. The number of aromatic nitrogens is 1. The highest BCUT2D eigenvalue weighted by Gasteiger charge is 2.19. The lowest BCUT2D eigenvalue weighted by molar-refractivity contribution is 0.250. The fourth-order valence-corrected chi connectivity index (χ4v) is 3.88. The van der Waals surface area contributed by atoms with Crippen molar-refractivity contribution >= 4 is 16.5 Å². The molecule has 0 unspecified atom stereocenters. The van der Waals surface area contributed by atoms with E-state index >= 15 is 0 Å². The van der Waals surface area contributed by atoms with E-state index in [0.717, 1.165) is 45.8 Å². The molecule has 0 aliphatic carbocycles. The van der Waals surface area contributed by atoms with Crippen molar-refractivity contribution < 1.29 is 0 Å². The number of hydrogen-bond acceptors (Lipinski definition) is 5. The molecule has 0 saturated carbocycles. The Morgan fingerprint density at radius 1 is 1.12 bits per heavy atom. The zero-order valence-corrected chi connectivity index (χ0v) is 15.6. The number of anilines is 1. The maximum atomic E-state index is 4.63. The number of rotatable bonds is 7. The van der Waals surface area contributed by atoms with E-state index in [1.54, 1.807) is 0 Å². The molecule has 1 saturated heterocycles. The molecule has 0 bridgehead atoms. The maximum absolute atomic E-state index is 4.63. The Morgan fingerprint density at radius 3 is 2.58 bits per heavy atom. The van der Waals surface area contributed by atoms with Crippen molar-refractivity contribution in [2.24, 2.45) is 5.92 Å². The molecule has 4 nitrogen and oxygen atoms in total. The lowest BCUT2D eigenvalue weighted by Gasteiger charge is -2.34. The first-order valence-corrected chi connectivity index (χ1v) is 9.69. The van der Waals surface area contributed by atoms with Gasteiger partial charge in [0.05, 0.1) is 0 Å². The molecular formula is C19H28N4S. The summed E-state index contributed by atoms with van der Waals surface area (Å²) >= 11 is 1.83. The molecule has 24 heavy (non-hydrogen) atoms. The molecule has 2 aromatic rings. The molecule has 0 spiro atoms. The van der Waals surface area contributed by atoms with Crippen molar-refractivity contribution in [2.45, 2.75) is 26.9 Å². The third-order valence-corrected chi connectivity index (χ3v) is 5.34. The second-order valence-corrected chi connectivity index (χ2v) is 7.98. The van der Waals surface area contributed by atoms with Gasteiger partial charge in [-0.25, -0.2) is 4.98 Å². The zero-order chi connectivity index (χ0) is 16.8. The predicted octanol–water partition coefficient (Wildman–Crippen LogP) is 3.21. The first-order chi connectivity index (χ1) is 11.7. The van der Waals surface area contributed by atoms with Crippen LogP contribution in [0.5, 0.6) is 0 Å². The van der Waals surface area contributed by atoms with Crippen LogP contribution in [0.3, 0.4) is 0 Å². The smallest absolute Gasteiger partial charge is 0.185 e. The summed E-state index contributed by atoms with van der Waals surface area (Å²) in [5, 5.41) is 4.67. The van der Waals surface area contributed by atoms with E-state index in [2.05, 4.69) is 64.3 Å². The molecule has 1 aliphatic heterocycles. The average Bonchev–Trinajstić information content (AvgIpc) is 3.05. The predicted molar refractivity (Wildman–Crippen MR) is 103 cm³/mol. The van der Waals surface area contributed by atoms with Gasteiger partial charge in [-0.15, -0.1) is 11.3 Å². The summed E-state index contributed by atoms with van der Waals surface area (Å²) in [6, 6.07) is 10.7. The van der Waals surface area contributed by atoms with Crippen molar-refractivity contribution in [1.82, 2.24) is 15.2 Å². The van der Waals surface area contributed by atoms with Crippen molar-refractivity contribution in [3.05, 3.63) is 47.0 Å². The Morgan fingerprint density at radius 2 is 1.88 bits per heavy atom. The van der Waals surface area contributed by atoms with Crippen LogP contribution in [0.1, 0.15) is 24.3 Å². The van der Waals surface area contributed by atoms with Gasteiger partial charge >= 0.3 is 0 Å². The van der Waals surface area contributed by atoms with Gasteiger partial charge in [0.25, 0.3) is 0 Å². The van der Waals surface area contributed by atoms with E-state index in [9.17, 15) is 0 Å². The molecule has 5 heteroatoms. The topological polar surface area (TPSA) is 31.4 Å². The third-order valence-electron chi connectivity index (χ3n) is 4.28. The molecule has 1 N–H and O–H groups in total. The number of nitrogens with zero attached hydrogens (tertiary/aromatic N) is 3. The summed E-state index contributed by atoms with van der Waals surface area (Å²) in [7, 11) is 0. The molecule has 0 amide bonds. The highest BCUT2D eigenvalue weighted by atomic mass is 32.1. The number of piperazine rings is 1. The summed E-state index contributed by atoms with van der Waals surface area (Å²) in [4.78, 5) is 10.9. The quantitative estimate of drug-likeness (QED) is 0.836. The third kappa shape index (κ3) is 5.03. The van der Waals surface area contributed by atoms with Crippen LogP contribution in [-0.2, 0) is 13.1 Å². The van der Waals surface area contributed by atoms with Crippen LogP contribution in [0.25, 0.3) is 0 Å². The molecule has 0 atom stereocenters. The summed E-state index contributed by atoms with van der Waals surface area (Å²) < 4.78 is 0. The van der Waals surface area contributed by atoms with Crippen LogP contribution in [0.4, 0.5) is 5.13 Å². The first-order valence-electron chi connectivity index (χ1n) is 8.87.